The predicted molar refractivity (Wildman–Crippen MR) is 161 cm³/mol. The molecule has 2 aliphatic rings. The van der Waals surface area contributed by atoms with Gasteiger partial charge in [-0.05, 0) is 104 Å². The van der Waals surface area contributed by atoms with Gasteiger partial charge in [-0.2, -0.15) is 0 Å². The molecular weight excluding hydrogens is 526 g/mol. The average molecular weight is 572 g/mol. The largest absolute Gasteiger partial charge is 0.543 e. The van der Waals surface area contributed by atoms with Crippen molar-refractivity contribution in [3.8, 4) is 5.75 Å². The Morgan fingerprint density at radius 1 is 1.18 bits per heavy atom. The summed E-state index contributed by atoms with van der Waals surface area (Å²) in [4.78, 5) is 15.5. The fourth-order valence-corrected chi connectivity index (χ4v) is 7.32. The maximum atomic E-state index is 13.1. The third-order valence-corrected chi connectivity index (χ3v) is 14.1. The standard InChI is InChI=1S/C32H46ClNO4Si/c1-7-37-30(36)24(18-23-19-26(12-13-29(23)33)38-39(5,6)31(2,3)4)21-34-16-14-32(15-17-34)20-25(22-35)27-10-8-9-11-28(27)32/h8-13,19,24-25,35H,7,14-18,20-22H2,1-6H3. The van der Waals surface area contributed by atoms with Crippen molar-refractivity contribution >= 4 is 25.9 Å². The van der Waals surface area contributed by atoms with Crippen molar-refractivity contribution in [1.29, 1.82) is 0 Å². The molecule has 7 heteroatoms. The first-order chi connectivity index (χ1) is 18.4. The molecule has 39 heavy (non-hydrogen) atoms. The molecule has 0 aromatic heterocycles. The third kappa shape index (κ3) is 6.56. The molecule has 4 rings (SSSR count). The number of carbonyl (C=O) groups is 1. The fraction of sp³-hybridized carbons (Fsp3) is 0.594. The van der Waals surface area contributed by atoms with Crippen LogP contribution in [-0.4, -0.2) is 57.1 Å². The number of rotatable bonds is 9. The monoisotopic (exact) mass is 571 g/mol. The summed E-state index contributed by atoms with van der Waals surface area (Å²) >= 11 is 6.65. The van der Waals surface area contributed by atoms with Crippen LogP contribution in [0.4, 0.5) is 0 Å². The molecule has 5 nitrogen and oxygen atoms in total. The maximum absolute atomic E-state index is 13.1. The SMILES string of the molecule is CCOC(=O)C(Cc1cc(O[Si](C)(C)C(C)(C)C)ccc1Cl)CN1CCC2(CC1)CC(CO)c1ccccc12. The number of nitrogens with zero attached hydrogens (tertiary/aromatic N) is 1. The molecule has 2 aromatic rings. The van der Waals surface area contributed by atoms with Crippen molar-refractivity contribution in [2.75, 3.05) is 32.8 Å². The van der Waals surface area contributed by atoms with Gasteiger partial charge in [0.15, 0.2) is 0 Å². The molecule has 0 radical (unpaired) electrons. The van der Waals surface area contributed by atoms with Crippen molar-refractivity contribution in [2.45, 2.75) is 82.8 Å². The summed E-state index contributed by atoms with van der Waals surface area (Å²) in [6, 6.07) is 14.5. The zero-order valence-electron chi connectivity index (χ0n) is 24.6. The number of hydrogen-bond acceptors (Lipinski definition) is 5. The van der Waals surface area contributed by atoms with Crippen molar-refractivity contribution in [3.63, 3.8) is 0 Å². The van der Waals surface area contributed by atoms with E-state index in [0.29, 0.717) is 24.6 Å². The highest BCUT2D eigenvalue weighted by Gasteiger charge is 2.45. The first kappa shape index (κ1) is 30.1. The Labute approximate surface area is 241 Å². The summed E-state index contributed by atoms with van der Waals surface area (Å²) in [6.45, 7) is 16.0. The van der Waals surface area contributed by atoms with Crippen LogP contribution in [0.3, 0.4) is 0 Å². The van der Waals surface area contributed by atoms with E-state index in [1.165, 1.54) is 11.1 Å². The number of aliphatic hydroxyl groups excluding tert-OH is 1. The molecule has 1 N–H and O–H groups in total. The van der Waals surface area contributed by atoms with E-state index < -0.39 is 8.32 Å². The molecule has 1 aliphatic carbocycles. The van der Waals surface area contributed by atoms with Crippen LogP contribution in [0.25, 0.3) is 0 Å². The molecule has 0 bridgehead atoms. The summed E-state index contributed by atoms with van der Waals surface area (Å²) in [7, 11) is -2.00. The Morgan fingerprint density at radius 2 is 1.87 bits per heavy atom. The zero-order valence-corrected chi connectivity index (χ0v) is 26.3. The molecule has 2 atom stereocenters. The number of hydrogen-bond donors (Lipinski definition) is 1. The number of carbonyl (C=O) groups excluding carboxylic acids is 1. The lowest BCUT2D eigenvalue weighted by atomic mass is 9.73. The molecule has 1 heterocycles. The van der Waals surface area contributed by atoms with Crippen LogP contribution in [0.1, 0.15) is 69.6 Å². The van der Waals surface area contributed by atoms with E-state index in [9.17, 15) is 9.90 Å². The van der Waals surface area contributed by atoms with Gasteiger partial charge >= 0.3 is 5.97 Å². The summed E-state index contributed by atoms with van der Waals surface area (Å²) in [6.07, 6.45) is 3.59. The lowest BCUT2D eigenvalue weighted by Gasteiger charge is -2.41. The Balaban J connectivity index is 1.47. The summed E-state index contributed by atoms with van der Waals surface area (Å²) in [5, 5.41) is 10.8. The van der Waals surface area contributed by atoms with E-state index in [2.05, 4.69) is 63.0 Å². The van der Waals surface area contributed by atoms with Crippen LogP contribution in [-0.2, 0) is 21.4 Å². The highest BCUT2D eigenvalue weighted by Crippen LogP contribution is 2.51. The second-order valence-electron chi connectivity index (χ2n) is 13.0. The van der Waals surface area contributed by atoms with Gasteiger partial charge in [-0.3, -0.25) is 4.79 Å². The van der Waals surface area contributed by atoms with Crippen molar-refractivity contribution in [1.82, 2.24) is 4.90 Å². The summed E-state index contributed by atoms with van der Waals surface area (Å²) < 4.78 is 12.1. The molecule has 2 unspecified atom stereocenters. The number of ether oxygens (including phenoxy) is 1. The van der Waals surface area contributed by atoms with Gasteiger partial charge in [0.25, 0.3) is 0 Å². The van der Waals surface area contributed by atoms with Crippen molar-refractivity contribution < 1.29 is 19.1 Å². The number of aliphatic hydroxyl groups is 1. The number of benzene rings is 2. The number of halogens is 1. The van der Waals surface area contributed by atoms with E-state index in [1.54, 1.807) is 0 Å². The number of likely N-dealkylation sites (tertiary alicyclic amines) is 1. The Morgan fingerprint density at radius 3 is 2.51 bits per heavy atom. The minimum Gasteiger partial charge on any atom is -0.543 e. The minimum atomic E-state index is -2.00. The van der Waals surface area contributed by atoms with Gasteiger partial charge in [0.05, 0.1) is 12.5 Å². The molecule has 1 fully saturated rings. The normalized spacial score (nSPS) is 20.1. The van der Waals surface area contributed by atoms with E-state index in [4.69, 9.17) is 20.8 Å². The lowest BCUT2D eigenvalue weighted by molar-refractivity contribution is -0.148. The number of fused-ring (bicyclic) bond motifs is 2. The first-order valence-corrected chi connectivity index (χ1v) is 17.7. The van der Waals surface area contributed by atoms with Gasteiger partial charge in [-0.1, -0.05) is 56.6 Å². The van der Waals surface area contributed by atoms with Crippen LogP contribution in [0.5, 0.6) is 5.75 Å². The topological polar surface area (TPSA) is 59.0 Å². The molecule has 1 saturated heterocycles. The maximum Gasteiger partial charge on any atom is 0.310 e. The van der Waals surface area contributed by atoms with Crippen LogP contribution < -0.4 is 4.43 Å². The first-order valence-electron chi connectivity index (χ1n) is 14.5. The van der Waals surface area contributed by atoms with Gasteiger partial charge in [0.1, 0.15) is 5.75 Å². The quantitative estimate of drug-likeness (QED) is 0.260. The van der Waals surface area contributed by atoms with Gasteiger partial charge in [0.2, 0.25) is 8.32 Å². The highest BCUT2D eigenvalue weighted by atomic mass is 35.5. The van der Waals surface area contributed by atoms with Gasteiger partial charge in [0, 0.05) is 24.1 Å². The van der Waals surface area contributed by atoms with Gasteiger partial charge < -0.3 is 19.2 Å². The number of piperidine rings is 1. The Hall–Kier alpha value is -1.86. The van der Waals surface area contributed by atoms with Gasteiger partial charge in [-0.15, -0.1) is 0 Å². The van der Waals surface area contributed by atoms with Crippen LogP contribution >= 0.6 is 11.6 Å². The lowest BCUT2D eigenvalue weighted by Crippen LogP contribution is -2.45. The van der Waals surface area contributed by atoms with Gasteiger partial charge in [-0.25, -0.2) is 0 Å². The molecule has 214 valence electrons. The van der Waals surface area contributed by atoms with Crippen LogP contribution in [0.15, 0.2) is 42.5 Å². The summed E-state index contributed by atoms with van der Waals surface area (Å²) in [5.41, 5.74) is 3.77. The molecule has 1 aliphatic heterocycles. The van der Waals surface area contributed by atoms with Crippen LogP contribution in [0, 0.1) is 5.92 Å². The third-order valence-electron chi connectivity index (χ3n) is 9.40. The van der Waals surface area contributed by atoms with E-state index >= 15 is 0 Å². The van der Waals surface area contributed by atoms with Crippen LogP contribution in [0.2, 0.25) is 23.2 Å². The van der Waals surface area contributed by atoms with Crippen molar-refractivity contribution in [3.05, 3.63) is 64.2 Å². The molecular formula is C32H46ClNO4Si. The summed E-state index contributed by atoms with van der Waals surface area (Å²) in [5.74, 6) is 0.571. The Kier molecular flexibility index (Phi) is 9.21. The number of esters is 1. The average Bonchev–Trinajstić information content (AvgIpc) is 3.19. The minimum absolute atomic E-state index is 0.0862. The molecule has 1 spiro atoms. The van der Waals surface area contributed by atoms with Crippen molar-refractivity contribution in [2.24, 2.45) is 5.92 Å². The van der Waals surface area contributed by atoms with E-state index in [1.807, 2.05) is 25.1 Å². The van der Waals surface area contributed by atoms with E-state index in [-0.39, 0.29) is 34.9 Å². The predicted octanol–water partition coefficient (Wildman–Crippen LogP) is 6.96. The van der Waals surface area contributed by atoms with E-state index in [0.717, 1.165) is 43.7 Å². The molecule has 0 saturated carbocycles. The smallest absolute Gasteiger partial charge is 0.310 e. The highest BCUT2D eigenvalue weighted by molar-refractivity contribution is 6.74. The zero-order chi connectivity index (χ0) is 28.4. The molecule has 2 aromatic carbocycles. The second-order valence-corrected chi connectivity index (χ2v) is 18.2. The Bertz CT molecular complexity index is 1150. The fourth-order valence-electron chi connectivity index (χ4n) is 6.11. The molecule has 0 amide bonds. The second kappa shape index (κ2) is 11.9.